The van der Waals surface area contributed by atoms with Crippen molar-refractivity contribution in [2.45, 2.75) is 20.3 Å². The maximum Gasteiger partial charge on any atom is 0.311 e. The molecule has 0 radical (unpaired) electrons. The van der Waals surface area contributed by atoms with Crippen LogP contribution in [0.15, 0.2) is 22.9 Å². The second-order valence-electron chi connectivity index (χ2n) is 5.48. The molecule has 1 fully saturated rings. The number of hydrogen-bond acceptors (Lipinski definition) is 3. The number of aromatic nitrogens is 1. The summed E-state index contributed by atoms with van der Waals surface area (Å²) >= 11 is 3.28. The Hall–Kier alpha value is -1.43. The van der Waals surface area contributed by atoms with E-state index in [2.05, 4.69) is 20.9 Å². The molecule has 2 heterocycles. The Morgan fingerprint density at radius 1 is 1.45 bits per heavy atom. The van der Waals surface area contributed by atoms with E-state index in [-0.39, 0.29) is 18.4 Å². The van der Waals surface area contributed by atoms with Gasteiger partial charge in [0.25, 0.3) is 5.91 Å². The lowest BCUT2D eigenvalue weighted by atomic mass is 9.76. The molecule has 5 nitrogen and oxygen atoms in total. The highest BCUT2D eigenvalue weighted by Crippen LogP contribution is 2.38. The minimum Gasteiger partial charge on any atom is -0.481 e. The van der Waals surface area contributed by atoms with Crippen molar-refractivity contribution in [2.75, 3.05) is 13.1 Å². The van der Waals surface area contributed by atoms with Gasteiger partial charge < -0.3 is 10.0 Å². The molecule has 1 aliphatic rings. The molecule has 0 aliphatic carbocycles. The average Bonchev–Trinajstić information content (AvgIpc) is 2.84. The van der Waals surface area contributed by atoms with E-state index in [9.17, 15) is 14.7 Å². The number of aliphatic carboxylic acids is 1. The zero-order valence-electron chi connectivity index (χ0n) is 11.5. The van der Waals surface area contributed by atoms with Crippen LogP contribution in [0.25, 0.3) is 0 Å². The molecule has 0 saturated carbocycles. The molecule has 1 N–H and O–H groups in total. The Morgan fingerprint density at radius 3 is 2.65 bits per heavy atom. The van der Waals surface area contributed by atoms with Crippen LogP contribution < -0.4 is 0 Å². The first-order valence-corrected chi connectivity index (χ1v) is 7.29. The van der Waals surface area contributed by atoms with Gasteiger partial charge in [-0.15, -0.1) is 0 Å². The molecule has 2 rings (SSSR count). The molecule has 0 bridgehead atoms. The van der Waals surface area contributed by atoms with Crippen molar-refractivity contribution < 1.29 is 14.7 Å². The van der Waals surface area contributed by atoms with Crippen LogP contribution in [-0.4, -0.2) is 40.0 Å². The molecule has 20 heavy (non-hydrogen) atoms. The lowest BCUT2D eigenvalue weighted by Gasteiger charge is -2.28. The highest BCUT2D eigenvalue weighted by Gasteiger charge is 2.48. The third-order valence-electron chi connectivity index (χ3n) is 4.07. The van der Waals surface area contributed by atoms with Crippen molar-refractivity contribution in [1.29, 1.82) is 0 Å². The van der Waals surface area contributed by atoms with E-state index in [1.54, 1.807) is 17.2 Å². The third kappa shape index (κ3) is 2.57. The molecule has 1 aromatic heterocycles. The number of halogens is 1. The van der Waals surface area contributed by atoms with E-state index in [1.165, 1.54) is 6.20 Å². The van der Waals surface area contributed by atoms with Crippen molar-refractivity contribution >= 4 is 27.8 Å². The van der Waals surface area contributed by atoms with Gasteiger partial charge in [0.2, 0.25) is 0 Å². The molecule has 1 aromatic rings. The molecular weight excluding hydrogens is 324 g/mol. The topological polar surface area (TPSA) is 70.5 Å². The summed E-state index contributed by atoms with van der Waals surface area (Å²) < 4.78 is 0.732. The van der Waals surface area contributed by atoms with Crippen LogP contribution in [0, 0.1) is 11.3 Å². The summed E-state index contributed by atoms with van der Waals surface area (Å²) in [7, 11) is 0. The predicted octanol–water partition coefficient (Wildman–Crippen LogP) is 2.42. The number of pyridine rings is 1. The average molecular weight is 341 g/mol. The van der Waals surface area contributed by atoms with Crippen LogP contribution in [0.3, 0.4) is 0 Å². The number of nitrogens with zero attached hydrogens (tertiary/aromatic N) is 2. The van der Waals surface area contributed by atoms with Crippen LogP contribution in [-0.2, 0) is 4.79 Å². The molecule has 0 spiro atoms. The summed E-state index contributed by atoms with van der Waals surface area (Å²) in [6, 6.07) is 1.70. The fourth-order valence-electron chi connectivity index (χ4n) is 2.61. The summed E-state index contributed by atoms with van der Waals surface area (Å²) in [4.78, 5) is 29.6. The molecule has 1 atom stereocenters. The first kappa shape index (κ1) is 15.0. The minimum absolute atomic E-state index is 0.0153. The van der Waals surface area contributed by atoms with Crippen molar-refractivity contribution in [3.63, 3.8) is 0 Å². The number of hydrogen-bond donors (Lipinski definition) is 1. The van der Waals surface area contributed by atoms with E-state index in [1.807, 2.05) is 13.8 Å². The maximum absolute atomic E-state index is 12.4. The van der Waals surface area contributed by atoms with Gasteiger partial charge in [0.1, 0.15) is 0 Å². The van der Waals surface area contributed by atoms with E-state index in [0.29, 0.717) is 18.5 Å². The first-order valence-electron chi connectivity index (χ1n) is 6.50. The zero-order chi connectivity index (χ0) is 14.9. The van der Waals surface area contributed by atoms with Crippen molar-refractivity contribution in [1.82, 2.24) is 9.88 Å². The number of carbonyl (C=O) groups excluding carboxylic acids is 1. The fraction of sp³-hybridized carbons (Fsp3) is 0.500. The summed E-state index contributed by atoms with van der Waals surface area (Å²) in [5.74, 6) is -1.00. The number of likely N-dealkylation sites (tertiary alicyclic amines) is 1. The van der Waals surface area contributed by atoms with Gasteiger partial charge in [0, 0.05) is 30.0 Å². The Kier molecular flexibility index (Phi) is 4.13. The van der Waals surface area contributed by atoms with Gasteiger partial charge in [-0.1, -0.05) is 13.8 Å². The summed E-state index contributed by atoms with van der Waals surface area (Å²) in [5, 5.41) is 9.49. The van der Waals surface area contributed by atoms with Crippen molar-refractivity contribution in [2.24, 2.45) is 11.3 Å². The minimum atomic E-state index is -0.838. The predicted molar refractivity (Wildman–Crippen MR) is 77.4 cm³/mol. The van der Waals surface area contributed by atoms with Crippen LogP contribution in [0.5, 0.6) is 0 Å². The van der Waals surface area contributed by atoms with Crippen LogP contribution in [0.4, 0.5) is 0 Å². The number of carboxylic acid groups (broad SMARTS) is 1. The van der Waals surface area contributed by atoms with Crippen LogP contribution >= 0.6 is 15.9 Å². The second kappa shape index (κ2) is 5.52. The largest absolute Gasteiger partial charge is 0.481 e. The molecule has 108 valence electrons. The molecule has 1 unspecified atom stereocenters. The van der Waals surface area contributed by atoms with Crippen molar-refractivity contribution in [3.05, 3.63) is 28.5 Å². The molecule has 1 aliphatic heterocycles. The fourth-order valence-corrected chi connectivity index (χ4v) is 2.98. The van der Waals surface area contributed by atoms with Gasteiger partial charge in [0.15, 0.2) is 0 Å². The molecule has 0 aromatic carbocycles. The SMILES string of the molecule is CC(C)C1(C(=O)O)CCN(C(=O)c2cncc(Br)c2)C1. The van der Waals surface area contributed by atoms with Crippen molar-refractivity contribution in [3.8, 4) is 0 Å². The summed E-state index contributed by atoms with van der Waals surface area (Å²) in [5.41, 5.74) is -0.362. The molecular formula is C14H17BrN2O3. The Labute approximate surface area is 126 Å². The van der Waals surface area contributed by atoms with Gasteiger partial charge in [-0.3, -0.25) is 14.6 Å². The van der Waals surface area contributed by atoms with Crippen LogP contribution in [0.2, 0.25) is 0 Å². The highest BCUT2D eigenvalue weighted by atomic mass is 79.9. The lowest BCUT2D eigenvalue weighted by Crippen LogP contribution is -2.40. The Bertz CT molecular complexity index is 547. The Morgan fingerprint density at radius 2 is 2.15 bits per heavy atom. The normalized spacial score (nSPS) is 22.3. The quantitative estimate of drug-likeness (QED) is 0.917. The number of rotatable bonds is 3. The van der Waals surface area contributed by atoms with E-state index >= 15 is 0 Å². The van der Waals surface area contributed by atoms with Gasteiger partial charge in [-0.2, -0.15) is 0 Å². The number of amides is 1. The zero-order valence-corrected chi connectivity index (χ0v) is 13.1. The second-order valence-corrected chi connectivity index (χ2v) is 6.40. The highest BCUT2D eigenvalue weighted by molar-refractivity contribution is 9.10. The Balaban J connectivity index is 2.21. The van der Waals surface area contributed by atoms with Gasteiger partial charge in [-0.05, 0) is 34.3 Å². The standard InChI is InChI=1S/C14H17BrN2O3/c1-9(2)14(13(19)20)3-4-17(8-14)12(18)10-5-11(15)7-16-6-10/h5-7,9H,3-4,8H2,1-2H3,(H,19,20). The lowest BCUT2D eigenvalue weighted by molar-refractivity contribution is -0.150. The van der Waals surface area contributed by atoms with Gasteiger partial charge in [0.05, 0.1) is 11.0 Å². The monoisotopic (exact) mass is 340 g/mol. The van der Waals surface area contributed by atoms with E-state index in [4.69, 9.17) is 0 Å². The summed E-state index contributed by atoms with van der Waals surface area (Å²) in [6.45, 7) is 4.51. The maximum atomic E-state index is 12.4. The molecule has 1 saturated heterocycles. The van der Waals surface area contributed by atoms with Gasteiger partial charge >= 0.3 is 5.97 Å². The third-order valence-corrected chi connectivity index (χ3v) is 4.50. The molecule has 1 amide bonds. The summed E-state index contributed by atoms with van der Waals surface area (Å²) in [6.07, 6.45) is 3.60. The molecule has 6 heteroatoms. The first-order chi connectivity index (χ1) is 9.36. The number of carboxylic acids is 1. The van der Waals surface area contributed by atoms with E-state index < -0.39 is 11.4 Å². The van der Waals surface area contributed by atoms with E-state index in [0.717, 1.165) is 4.47 Å². The van der Waals surface area contributed by atoms with Gasteiger partial charge in [-0.25, -0.2) is 0 Å². The van der Waals surface area contributed by atoms with Crippen LogP contribution in [0.1, 0.15) is 30.6 Å². The number of carbonyl (C=O) groups is 2. The smallest absolute Gasteiger partial charge is 0.311 e.